The third-order valence-electron chi connectivity index (χ3n) is 7.18. The number of hydrogen-bond donors (Lipinski definition) is 1. The lowest BCUT2D eigenvalue weighted by atomic mass is 10.1. The average molecular weight is 508 g/mol. The summed E-state index contributed by atoms with van der Waals surface area (Å²) >= 11 is 6.07. The summed E-state index contributed by atoms with van der Waals surface area (Å²) in [5.41, 5.74) is 6.44. The molecular weight excluding hydrogens is 470 g/mol. The van der Waals surface area contributed by atoms with Crippen LogP contribution in [0, 0.1) is 20.8 Å². The van der Waals surface area contributed by atoms with E-state index in [1.165, 1.54) is 16.8 Å². The summed E-state index contributed by atoms with van der Waals surface area (Å²) in [6.45, 7) is 14.3. The molecule has 1 N–H and O–H groups in total. The van der Waals surface area contributed by atoms with Crippen molar-refractivity contribution in [1.29, 1.82) is 0 Å². The SMILES string of the molecule is CCCc1nc(C(=O)NCCCN2CCN(c3cccc(C)c3C)CC2)c(C)n1-c1ccc(Cl)cc1. The molecule has 1 fully saturated rings. The van der Waals surface area contributed by atoms with Crippen LogP contribution in [-0.4, -0.2) is 59.6 Å². The molecule has 0 spiro atoms. The summed E-state index contributed by atoms with van der Waals surface area (Å²) in [5.74, 6) is 0.807. The maximum atomic E-state index is 13.0. The van der Waals surface area contributed by atoms with Crippen molar-refractivity contribution >= 4 is 23.2 Å². The number of aryl methyl sites for hydroxylation is 2. The molecule has 0 aliphatic carbocycles. The zero-order valence-electron chi connectivity index (χ0n) is 22.0. The largest absolute Gasteiger partial charge is 0.369 e. The van der Waals surface area contributed by atoms with Crippen LogP contribution in [0.15, 0.2) is 42.5 Å². The maximum absolute atomic E-state index is 13.0. The van der Waals surface area contributed by atoms with E-state index in [1.54, 1.807) is 0 Å². The van der Waals surface area contributed by atoms with Gasteiger partial charge < -0.3 is 14.8 Å². The van der Waals surface area contributed by atoms with Gasteiger partial charge in [0.1, 0.15) is 11.5 Å². The van der Waals surface area contributed by atoms with Gasteiger partial charge in [-0.15, -0.1) is 0 Å². The highest BCUT2D eigenvalue weighted by Gasteiger charge is 2.21. The zero-order chi connectivity index (χ0) is 25.7. The Balaban J connectivity index is 1.29. The van der Waals surface area contributed by atoms with Gasteiger partial charge in [0.2, 0.25) is 0 Å². The fourth-order valence-electron chi connectivity index (χ4n) is 4.98. The average Bonchev–Trinajstić information content (AvgIpc) is 3.20. The Morgan fingerprint density at radius 3 is 2.44 bits per heavy atom. The molecule has 0 radical (unpaired) electrons. The Labute approximate surface area is 220 Å². The quantitative estimate of drug-likeness (QED) is 0.397. The molecule has 7 heteroatoms. The summed E-state index contributed by atoms with van der Waals surface area (Å²) in [6, 6.07) is 14.2. The number of piperazine rings is 1. The van der Waals surface area contributed by atoms with Crippen LogP contribution in [-0.2, 0) is 6.42 Å². The molecule has 0 bridgehead atoms. The van der Waals surface area contributed by atoms with Gasteiger partial charge in [0.25, 0.3) is 5.91 Å². The minimum absolute atomic E-state index is 0.0997. The van der Waals surface area contributed by atoms with Gasteiger partial charge in [-0.25, -0.2) is 4.98 Å². The van der Waals surface area contributed by atoms with E-state index in [-0.39, 0.29) is 5.91 Å². The van der Waals surface area contributed by atoms with Crippen LogP contribution in [0.25, 0.3) is 5.69 Å². The van der Waals surface area contributed by atoms with E-state index in [1.807, 2.05) is 31.2 Å². The first kappa shape index (κ1) is 26.2. The molecule has 36 heavy (non-hydrogen) atoms. The van der Waals surface area contributed by atoms with Gasteiger partial charge in [-0.05, 0) is 81.6 Å². The molecule has 0 saturated carbocycles. The van der Waals surface area contributed by atoms with Gasteiger partial charge in [-0.3, -0.25) is 9.69 Å². The van der Waals surface area contributed by atoms with Crippen LogP contribution in [0.1, 0.15) is 52.9 Å². The monoisotopic (exact) mass is 507 g/mol. The number of carbonyl (C=O) groups excluding carboxylic acids is 1. The van der Waals surface area contributed by atoms with E-state index in [0.717, 1.165) is 69.2 Å². The molecule has 0 atom stereocenters. The van der Waals surface area contributed by atoms with Crippen LogP contribution in [0.2, 0.25) is 5.02 Å². The molecule has 192 valence electrons. The van der Waals surface area contributed by atoms with E-state index in [2.05, 4.69) is 58.7 Å². The first-order valence-electron chi connectivity index (χ1n) is 13.0. The highest BCUT2D eigenvalue weighted by Crippen LogP contribution is 2.24. The van der Waals surface area contributed by atoms with Crippen LogP contribution in [0.4, 0.5) is 5.69 Å². The summed E-state index contributed by atoms with van der Waals surface area (Å²) in [7, 11) is 0. The van der Waals surface area contributed by atoms with Crippen molar-refractivity contribution in [1.82, 2.24) is 19.8 Å². The lowest BCUT2D eigenvalue weighted by Gasteiger charge is -2.37. The topological polar surface area (TPSA) is 53.4 Å². The van der Waals surface area contributed by atoms with Crippen molar-refractivity contribution < 1.29 is 4.79 Å². The number of hydrogen-bond acceptors (Lipinski definition) is 4. The Kier molecular flexibility index (Phi) is 8.70. The molecule has 6 nitrogen and oxygen atoms in total. The smallest absolute Gasteiger partial charge is 0.271 e. The second-order valence-electron chi connectivity index (χ2n) is 9.68. The summed E-state index contributed by atoms with van der Waals surface area (Å²) in [6.07, 6.45) is 2.70. The fourth-order valence-corrected chi connectivity index (χ4v) is 5.10. The van der Waals surface area contributed by atoms with Gasteiger partial charge in [0, 0.05) is 55.5 Å². The predicted molar refractivity (Wildman–Crippen MR) is 149 cm³/mol. The molecule has 1 aromatic heterocycles. The van der Waals surface area contributed by atoms with Gasteiger partial charge in [0.15, 0.2) is 0 Å². The predicted octanol–water partition coefficient (Wildman–Crippen LogP) is 5.35. The zero-order valence-corrected chi connectivity index (χ0v) is 22.7. The van der Waals surface area contributed by atoms with Crippen molar-refractivity contribution in [3.63, 3.8) is 0 Å². The van der Waals surface area contributed by atoms with E-state index in [0.29, 0.717) is 17.3 Å². The molecule has 3 aromatic rings. The summed E-state index contributed by atoms with van der Waals surface area (Å²) < 4.78 is 2.07. The number of nitrogens with one attached hydrogen (secondary N) is 1. The third-order valence-corrected chi connectivity index (χ3v) is 7.43. The first-order chi connectivity index (χ1) is 17.4. The molecule has 1 aliphatic rings. The molecule has 2 heterocycles. The molecule has 0 unspecified atom stereocenters. The van der Waals surface area contributed by atoms with Crippen LogP contribution < -0.4 is 10.2 Å². The molecule has 1 amide bonds. The Hall–Kier alpha value is -2.83. The van der Waals surface area contributed by atoms with Crippen LogP contribution in [0.5, 0.6) is 0 Å². The summed E-state index contributed by atoms with van der Waals surface area (Å²) in [4.78, 5) is 22.7. The maximum Gasteiger partial charge on any atom is 0.271 e. The number of anilines is 1. The highest BCUT2D eigenvalue weighted by molar-refractivity contribution is 6.30. The van der Waals surface area contributed by atoms with Gasteiger partial charge in [-0.1, -0.05) is 30.7 Å². The van der Waals surface area contributed by atoms with Gasteiger partial charge in [0.05, 0.1) is 5.69 Å². The number of rotatable bonds is 9. The van der Waals surface area contributed by atoms with Gasteiger partial charge in [-0.2, -0.15) is 0 Å². The van der Waals surface area contributed by atoms with Crippen molar-refractivity contribution in [3.8, 4) is 5.69 Å². The van der Waals surface area contributed by atoms with E-state index in [4.69, 9.17) is 16.6 Å². The molecular formula is C29H38ClN5O. The molecule has 4 rings (SSSR count). The highest BCUT2D eigenvalue weighted by atomic mass is 35.5. The second kappa shape index (κ2) is 11.9. The van der Waals surface area contributed by atoms with E-state index < -0.39 is 0 Å². The fraction of sp³-hybridized carbons (Fsp3) is 0.448. The van der Waals surface area contributed by atoms with Crippen LogP contribution in [0.3, 0.4) is 0 Å². The number of amides is 1. The normalized spacial score (nSPS) is 14.3. The Morgan fingerprint density at radius 1 is 1.03 bits per heavy atom. The minimum atomic E-state index is -0.0997. The number of nitrogens with zero attached hydrogens (tertiary/aromatic N) is 4. The van der Waals surface area contributed by atoms with Crippen molar-refractivity contribution in [2.75, 3.05) is 44.2 Å². The summed E-state index contributed by atoms with van der Waals surface area (Å²) in [5, 5.41) is 3.79. The second-order valence-corrected chi connectivity index (χ2v) is 10.1. The number of imidazole rings is 1. The van der Waals surface area contributed by atoms with Crippen molar-refractivity contribution in [3.05, 3.63) is 75.8 Å². The lowest BCUT2D eigenvalue weighted by Crippen LogP contribution is -2.47. The lowest BCUT2D eigenvalue weighted by molar-refractivity contribution is 0.0946. The van der Waals surface area contributed by atoms with E-state index >= 15 is 0 Å². The van der Waals surface area contributed by atoms with Gasteiger partial charge >= 0.3 is 0 Å². The number of carbonyl (C=O) groups is 1. The number of benzene rings is 2. The number of halogens is 1. The first-order valence-corrected chi connectivity index (χ1v) is 13.4. The molecule has 1 aliphatic heterocycles. The van der Waals surface area contributed by atoms with Crippen molar-refractivity contribution in [2.24, 2.45) is 0 Å². The van der Waals surface area contributed by atoms with Crippen LogP contribution >= 0.6 is 11.6 Å². The Bertz CT molecular complexity index is 1180. The standard InChI is InChI=1S/C29H38ClN5O/c1-5-8-27-32-28(23(4)35(27)25-13-11-24(30)12-14-25)29(36)31-15-7-16-33-17-19-34(20-18-33)26-10-6-9-21(2)22(26)3/h6,9-14H,5,7-8,15-20H2,1-4H3,(H,31,36). The minimum Gasteiger partial charge on any atom is -0.369 e. The Morgan fingerprint density at radius 2 is 1.75 bits per heavy atom. The van der Waals surface area contributed by atoms with E-state index in [9.17, 15) is 4.79 Å². The third kappa shape index (κ3) is 5.93. The molecule has 1 saturated heterocycles. The van der Waals surface area contributed by atoms with Crippen molar-refractivity contribution in [2.45, 2.75) is 47.0 Å². The number of aromatic nitrogens is 2. The molecule has 2 aromatic carbocycles.